The van der Waals surface area contributed by atoms with E-state index < -0.39 is 12.1 Å². The van der Waals surface area contributed by atoms with Gasteiger partial charge >= 0.3 is 12.0 Å². The molecule has 118 valence electrons. The lowest BCUT2D eigenvalue weighted by Crippen LogP contribution is -2.41. The van der Waals surface area contributed by atoms with Crippen LogP contribution in [0.3, 0.4) is 0 Å². The second kappa shape index (κ2) is 13.1. The smallest absolute Gasteiger partial charge is 0.314 e. The number of carboxylic acids is 1. The number of aliphatic carboxylic acids is 1. The molecule has 0 aliphatic heterocycles. The highest BCUT2D eigenvalue weighted by Gasteiger charge is 2.13. The average Bonchev–Trinajstić information content (AvgIpc) is 2.42. The number of amides is 2. The summed E-state index contributed by atoms with van der Waals surface area (Å²) in [5.41, 5.74) is 0. The van der Waals surface area contributed by atoms with Crippen molar-refractivity contribution in [3.05, 3.63) is 0 Å². The molecule has 0 aliphatic rings. The van der Waals surface area contributed by atoms with E-state index in [2.05, 4.69) is 16.9 Å². The van der Waals surface area contributed by atoms with E-state index in [1.807, 2.05) is 11.8 Å². The highest BCUT2D eigenvalue weighted by molar-refractivity contribution is 7.98. The molecule has 1 atom stereocenters. The van der Waals surface area contributed by atoms with Crippen molar-refractivity contribution in [1.29, 1.82) is 0 Å². The SMILES string of the molecule is COC(CNC(=O)NCCCCCCSC)CC(=O)O. The van der Waals surface area contributed by atoms with Crippen LogP contribution in [0.15, 0.2) is 0 Å². The van der Waals surface area contributed by atoms with Gasteiger partial charge in [0.2, 0.25) is 0 Å². The fourth-order valence-electron chi connectivity index (χ4n) is 1.63. The third-order valence-electron chi connectivity index (χ3n) is 2.79. The Bertz CT molecular complexity index is 277. The summed E-state index contributed by atoms with van der Waals surface area (Å²) in [4.78, 5) is 22.0. The van der Waals surface area contributed by atoms with Crippen molar-refractivity contribution >= 4 is 23.8 Å². The first kappa shape index (κ1) is 19.1. The first-order valence-electron chi connectivity index (χ1n) is 6.85. The monoisotopic (exact) mass is 306 g/mol. The molecule has 7 heteroatoms. The Balaban J connectivity index is 3.50. The maximum Gasteiger partial charge on any atom is 0.314 e. The fourth-order valence-corrected chi connectivity index (χ4v) is 2.12. The van der Waals surface area contributed by atoms with Crippen molar-refractivity contribution in [2.75, 3.05) is 32.2 Å². The van der Waals surface area contributed by atoms with Gasteiger partial charge in [-0.1, -0.05) is 12.8 Å². The van der Waals surface area contributed by atoms with E-state index in [4.69, 9.17) is 9.84 Å². The van der Waals surface area contributed by atoms with Crippen LogP contribution in [0.4, 0.5) is 4.79 Å². The van der Waals surface area contributed by atoms with Gasteiger partial charge in [-0.25, -0.2) is 4.79 Å². The molecule has 2 amide bonds. The van der Waals surface area contributed by atoms with E-state index in [1.165, 1.54) is 25.7 Å². The summed E-state index contributed by atoms with van der Waals surface area (Å²) in [5.74, 6) is 0.250. The Kier molecular flexibility index (Phi) is 12.4. The lowest BCUT2D eigenvalue weighted by Gasteiger charge is -2.14. The van der Waals surface area contributed by atoms with Gasteiger partial charge in [-0.3, -0.25) is 4.79 Å². The second-order valence-corrected chi connectivity index (χ2v) is 5.48. The standard InChI is InChI=1S/C13H26N2O4S/c1-19-11(9-12(16)17)10-15-13(18)14-7-5-3-4-6-8-20-2/h11H,3-10H2,1-2H3,(H,16,17)(H2,14,15,18). The molecule has 0 aromatic rings. The molecule has 0 spiro atoms. The van der Waals surface area contributed by atoms with E-state index >= 15 is 0 Å². The van der Waals surface area contributed by atoms with Crippen LogP contribution in [-0.4, -0.2) is 55.4 Å². The van der Waals surface area contributed by atoms with Crippen LogP contribution in [0, 0.1) is 0 Å². The third kappa shape index (κ3) is 12.1. The number of carbonyl (C=O) groups is 2. The van der Waals surface area contributed by atoms with Crippen molar-refractivity contribution in [3.63, 3.8) is 0 Å². The van der Waals surface area contributed by atoms with Crippen molar-refractivity contribution in [1.82, 2.24) is 10.6 Å². The number of methoxy groups -OCH3 is 1. The molecule has 20 heavy (non-hydrogen) atoms. The molecule has 0 fully saturated rings. The maximum atomic E-state index is 11.5. The number of rotatable bonds is 12. The number of hydrogen-bond acceptors (Lipinski definition) is 4. The first-order chi connectivity index (χ1) is 9.60. The number of ether oxygens (including phenoxy) is 1. The first-order valence-corrected chi connectivity index (χ1v) is 8.24. The van der Waals surface area contributed by atoms with E-state index in [9.17, 15) is 9.59 Å². The van der Waals surface area contributed by atoms with Gasteiger partial charge in [-0.15, -0.1) is 0 Å². The van der Waals surface area contributed by atoms with E-state index in [0.29, 0.717) is 6.54 Å². The van der Waals surface area contributed by atoms with Gasteiger partial charge in [0, 0.05) is 20.2 Å². The van der Waals surface area contributed by atoms with Crippen molar-refractivity contribution < 1.29 is 19.4 Å². The molecule has 0 saturated carbocycles. The average molecular weight is 306 g/mol. The molecule has 0 aromatic carbocycles. The summed E-state index contributed by atoms with van der Waals surface area (Å²) in [6.45, 7) is 0.837. The minimum absolute atomic E-state index is 0.119. The summed E-state index contributed by atoms with van der Waals surface area (Å²) in [6.07, 6.45) is 5.97. The molecule has 0 aliphatic carbocycles. The normalized spacial score (nSPS) is 11.9. The number of hydrogen-bond donors (Lipinski definition) is 3. The van der Waals surface area contributed by atoms with Crippen LogP contribution in [0.25, 0.3) is 0 Å². The highest BCUT2D eigenvalue weighted by Crippen LogP contribution is 2.03. The zero-order valence-electron chi connectivity index (χ0n) is 12.3. The fraction of sp³-hybridized carbons (Fsp3) is 0.846. The Labute approximate surface area is 125 Å². The molecular formula is C13H26N2O4S. The van der Waals surface area contributed by atoms with E-state index in [-0.39, 0.29) is 19.0 Å². The quantitative estimate of drug-likeness (QED) is 0.478. The van der Waals surface area contributed by atoms with Crippen molar-refractivity contribution in [2.24, 2.45) is 0 Å². The lowest BCUT2D eigenvalue weighted by molar-refractivity contribution is -0.139. The van der Waals surface area contributed by atoms with Gasteiger partial charge in [0.1, 0.15) is 0 Å². The van der Waals surface area contributed by atoms with Crippen LogP contribution in [0.1, 0.15) is 32.1 Å². The number of unbranched alkanes of at least 4 members (excludes halogenated alkanes) is 3. The van der Waals surface area contributed by atoms with Crippen molar-refractivity contribution in [2.45, 2.75) is 38.2 Å². The minimum Gasteiger partial charge on any atom is -0.481 e. The molecule has 0 heterocycles. The van der Waals surface area contributed by atoms with Crippen LogP contribution in [0.2, 0.25) is 0 Å². The number of urea groups is 1. The summed E-state index contributed by atoms with van der Waals surface area (Å²) >= 11 is 1.85. The molecule has 3 N–H and O–H groups in total. The Morgan fingerprint density at radius 3 is 2.50 bits per heavy atom. The third-order valence-corrected chi connectivity index (χ3v) is 3.48. The van der Waals surface area contributed by atoms with Gasteiger partial charge in [0.25, 0.3) is 0 Å². The zero-order valence-corrected chi connectivity index (χ0v) is 13.1. The van der Waals surface area contributed by atoms with Gasteiger partial charge in [-0.2, -0.15) is 11.8 Å². The zero-order chi connectivity index (χ0) is 15.2. The molecule has 0 radical (unpaired) electrons. The number of thioether (sulfide) groups is 1. The predicted octanol–water partition coefficient (Wildman–Crippen LogP) is 1.70. The highest BCUT2D eigenvalue weighted by atomic mass is 32.2. The van der Waals surface area contributed by atoms with Crippen LogP contribution < -0.4 is 10.6 Å². The Morgan fingerprint density at radius 1 is 1.20 bits per heavy atom. The molecule has 0 rings (SSSR count). The Hall–Kier alpha value is -0.950. The summed E-state index contributed by atoms with van der Waals surface area (Å²) < 4.78 is 4.97. The van der Waals surface area contributed by atoms with Crippen LogP contribution >= 0.6 is 11.8 Å². The molecule has 1 unspecified atom stereocenters. The van der Waals surface area contributed by atoms with Crippen LogP contribution in [-0.2, 0) is 9.53 Å². The number of carbonyl (C=O) groups excluding carboxylic acids is 1. The predicted molar refractivity (Wildman–Crippen MR) is 81.3 cm³/mol. The van der Waals surface area contributed by atoms with Gasteiger partial charge in [-0.05, 0) is 24.9 Å². The Morgan fingerprint density at radius 2 is 1.90 bits per heavy atom. The van der Waals surface area contributed by atoms with Gasteiger partial charge in [0.15, 0.2) is 0 Å². The molecule has 6 nitrogen and oxygen atoms in total. The molecule has 0 saturated heterocycles. The van der Waals surface area contributed by atoms with Crippen LogP contribution in [0.5, 0.6) is 0 Å². The maximum absolute atomic E-state index is 11.5. The largest absolute Gasteiger partial charge is 0.481 e. The molecule has 0 bridgehead atoms. The summed E-state index contributed by atoms with van der Waals surface area (Å²) in [5, 5.41) is 14.0. The summed E-state index contributed by atoms with van der Waals surface area (Å²) in [6, 6.07) is -0.276. The minimum atomic E-state index is -0.940. The summed E-state index contributed by atoms with van der Waals surface area (Å²) in [7, 11) is 1.43. The topological polar surface area (TPSA) is 87.7 Å². The lowest BCUT2D eigenvalue weighted by atomic mass is 10.2. The van der Waals surface area contributed by atoms with Gasteiger partial charge < -0.3 is 20.5 Å². The van der Waals surface area contributed by atoms with E-state index in [1.54, 1.807) is 0 Å². The number of carboxylic acid groups (broad SMARTS) is 1. The van der Waals surface area contributed by atoms with Gasteiger partial charge in [0.05, 0.1) is 12.5 Å². The van der Waals surface area contributed by atoms with Crippen molar-refractivity contribution in [3.8, 4) is 0 Å². The molecular weight excluding hydrogens is 280 g/mol. The van der Waals surface area contributed by atoms with E-state index in [0.717, 1.165) is 12.8 Å². The number of nitrogens with one attached hydrogen (secondary N) is 2. The molecule has 0 aromatic heterocycles. The second-order valence-electron chi connectivity index (χ2n) is 4.50.